The van der Waals surface area contributed by atoms with E-state index >= 15 is 0 Å². The monoisotopic (exact) mass is 346 g/mol. The molecule has 134 valence electrons. The van der Waals surface area contributed by atoms with Crippen LogP contribution in [0.3, 0.4) is 0 Å². The first kappa shape index (κ1) is 18.7. The summed E-state index contributed by atoms with van der Waals surface area (Å²) in [4.78, 5) is 13.0. The number of ether oxygens (including phenoxy) is 2. The standard InChI is InChI=1S/C19H23FN2O3/c1-21-18(10-11-24-16-8-5-7-15(20)13-16)14-6-4-9-17(12-14)25-19(23)22(2)3/h4-9,12-13,18,21H,10-11H2,1-3H3. The molecule has 2 aromatic carbocycles. The molecule has 0 saturated carbocycles. The zero-order valence-electron chi connectivity index (χ0n) is 14.7. The number of carbonyl (C=O) groups is 1. The van der Waals surface area contributed by atoms with Crippen molar-refractivity contribution in [1.29, 1.82) is 0 Å². The molecule has 1 amide bonds. The number of hydrogen-bond donors (Lipinski definition) is 1. The van der Waals surface area contributed by atoms with Gasteiger partial charge in [-0.05, 0) is 36.9 Å². The lowest BCUT2D eigenvalue weighted by atomic mass is 10.0. The highest BCUT2D eigenvalue weighted by atomic mass is 19.1. The summed E-state index contributed by atoms with van der Waals surface area (Å²) < 4.78 is 24.0. The summed E-state index contributed by atoms with van der Waals surface area (Å²) >= 11 is 0. The van der Waals surface area contributed by atoms with Gasteiger partial charge in [0.2, 0.25) is 0 Å². The predicted octanol–water partition coefficient (Wildman–Crippen LogP) is 3.62. The molecule has 6 heteroatoms. The van der Waals surface area contributed by atoms with Gasteiger partial charge in [0, 0.05) is 32.6 Å². The van der Waals surface area contributed by atoms with Crippen molar-refractivity contribution in [2.24, 2.45) is 0 Å². The average molecular weight is 346 g/mol. The third kappa shape index (κ3) is 5.76. The summed E-state index contributed by atoms with van der Waals surface area (Å²) in [5.41, 5.74) is 0.981. The third-order valence-electron chi connectivity index (χ3n) is 3.65. The van der Waals surface area contributed by atoms with E-state index in [0.717, 1.165) is 5.56 Å². The highest BCUT2D eigenvalue weighted by molar-refractivity contribution is 5.70. The second-order valence-electron chi connectivity index (χ2n) is 5.77. The molecule has 0 radical (unpaired) electrons. The maximum absolute atomic E-state index is 13.2. The van der Waals surface area contributed by atoms with Crippen molar-refractivity contribution in [3.63, 3.8) is 0 Å². The van der Waals surface area contributed by atoms with E-state index in [1.165, 1.54) is 17.0 Å². The van der Waals surface area contributed by atoms with Crippen LogP contribution >= 0.6 is 0 Å². The molecule has 0 aliphatic rings. The number of halogens is 1. The van der Waals surface area contributed by atoms with E-state index < -0.39 is 6.09 Å². The van der Waals surface area contributed by atoms with Gasteiger partial charge >= 0.3 is 6.09 Å². The van der Waals surface area contributed by atoms with Crippen LogP contribution in [0, 0.1) is 5.82 Å². The van der Waals surface area contributed by atoms with Crippen molar-refractivity contribution in [1.82, 2.24) is 10.2 Å². The molecule has 0 heterocycles. The van der Waals surface area contributed by atoms with Gasteiger partial charge in [-0.15, -0.1) is 0 Å². The molecule has 0 fully saturated rings. The van der Waals surface area contributed by atoms with Gasteiger partial charge in [0.15, 0.2) is 0 Å². The summed E-state index contributed by atoms with van der Waals surface area (Å²) in [7, 11) is 5.12. The summed E-state index contributed by atoms with van der Waals surface area (Å²) in [6.45, 7) is 0.427. The number of rotatable bonds is 7. The van der Waals surface area contributed by atoms with Gasteiger partial charge < -0.3 is 19.7 Å². The molecule has 0 aliphatic heterocycles. The van der Waals surface area contributed by atoms with E-state index in [1.807, 2.05) is 25.2 Å². The minimum atomic E-state index is -0.424. The van der Waals surface area contributed by atoms with Crippen molar-refractivity contribution in [3.8, 4) is 11.5 Å². The molecule has 25 heavy (non-hydrogen) atoms. The lowest BCUT2D eigenvalue weighted by Gasteiger charge is -2.18. The molecule has 2 aromatic rings. The summed E-state index contributed by atoms with van der Waals surface area (Å²) in [5.74, 6) is 0.670. The normalized spacial score (nSPS) is 11.7. The molecule has 0 bridgehead atoms. The quantitative estimate of drug-likeness (QED) is 0.832. The number of hydrogen-bond acceptors (Lipinski definition) is 4. The van der Waals surface area contributed by atoms with Crippen LogP contribution in [0.4, 0.5) is 9.18 Å². The van der Waals surface area contributed by atoms with Gasteiger partial charge in [0.05, 0.1) is 6.61 Å². The first-order chi connectivity index (χ1) is 12.0. The van der Waals surface area contributed by atoms with Crippen LogP contribution in [0.5, 0.6) is 11.5 Å². The van der Waals surface area contributed by atoms with Crippen LogP contribution in [0.15, 0.2) is 48.5 Å². The number of nitrogens with one attached hydrogen (secondary N) is 1. The van der Waals surface area contributed by atoms with Crippen LogP contribution in [0.2, 0.25) is 0 Å². The Morgan fingerprint density at radius 2 is 1.88 bits per heavy atom. The Morgan fingerprint density at radius 3 is 2.56 bits per heavy atom. The van der Waals surface area contributed by atoms with Crippen molar-refractivity contribution in [2.75, 3.05) is 27.7 Å². The molecule has 1 unspecified atom stereocenters. The van der Waals surface area contributed by atoms with Crippen molar-refractivity contribution < 1.29 is 18.7 Å². The van der Waals surface area contributed by atoms with Crippen molar-refractivity contribution in [3.05, 3.63) is 59.9 Å². The topological polar surface area (TPSA) is 50.8 Å². The van der Waals surface area contributed by atoms with E-state index in [2.05, 4.69) is 5.32 Å². The highest BCUT2D eigenvalue weighted by Gasteiger charge is 2.12. The zero-order chi connectivity index (χ0) is 18.2. The molecular formula is C19H23FN2O3. The SMILES string of the molecule is CNC(CCOc1cccc(F)c1)c1cccc(OC(=O)N(C)C)c1. The van der Waals surface area contributed by atoms with Gasteiger partial charge in [-0.2, -0.15) is 0 Å². The van der Waals surface area contributed by atoms with E-state index in [4.69, 9.17) is 9.47 Å². The largest absolute Gasteiger partial charge is 0.493 e. The molecule has 0 aromatic heterocycles. The van der Waals surface area contributed by atoms with E-state index in [1.54, 1.807) is 32.3 Å². The van der Waals surface area contributed by atoms with Gasteiger partial charge in [0.1, 0.15) is 17.3 Å². The first-order valence-corrected chi connectivity index (χ1v) is 8.04. The average Bonchev–Trinajstić information content (AvgIpc) is 2.59. The number of benzene rings is 2. The van der Waals surface area contributed by atoms with Crippen LogP contribution in [-0.4, -0.2) is 38.7 Å². The van der Waals surface area contributed by atoms with Crippen LogP contribution in [-0.2, 0) is 0 Å². The maximum Gasteiger partial charge on any atom is 0.414 e. The highest BCUT2D eigenvalue weighted by Crippen LogP contribution is 2.22. The molecular weight excluding hydrogens is 323 g/mol. The Morgan fingerprint density at radius 1 is 1.16 bits per heavy atom. The smallest absolute Gasteiger partial charge is 0.414 e. The van der Waals surface area contributed by atoms with Gasteiger partial charge in [-0.3, -0.25) is 0 Å². The minimum Gasteiger partial charge on any atom is -0.493 e. The molecule has 5 nitrogen and oxygen atoms in total. The number of carbonyl (C=O) groups excluding carboxylic acids is 1. The fourth-order valence-corrected chi connectivity index (χ4v) is 2.32. The number of amides is 1. The molecule has 1 atom stereocenters. The Kier molecular flexibility index (Phi) is 6.77. The van der Waals surface area contributed by atoms with Crippen LogP contribution in [0.25, 0.3) is 0 Å². The maximum atomic E-state index is 13.2. The second kappa shape index (κ2) is 9.03. The van der Waals surface area contributed by atoms with Gasteiger partial charge in [-0.25, -0.2) is 9.18 Å². The van der Waals surface area contributed by atoms with E-state index in [0.29, 0.717) is 24.5 Å². The molecule has 2 rings (SSSR count). The van der Waals surface area contributed by atoms with Crippen molar-refractivity contribution in [2.45, 2.75) is 12.5 Å². The Balaban J connectivity index is 1.96. The summed E-state index contributed by atoms with van der Waals surface area (Å²) in [5, 5.41) is 3.21. The molecule has 0 aliphatic carbocycles. The third-order valence-corrected chi connectivity index (χ3v) is 3.65. The molecule has 1 N–H and O–H groups in total. The Bertz CT molecular complexity index is 707. The number of nitrogens with zero attached hydrogens (tertiary/aromatic N) is 1. The zero-order valence-corrected chi connectivity index (χ0v) is 14.7. The Labute approximate surface area is 147 Å². The second-order valence-corrected chi connectivity index (χ2v) is 5.77. The predicted molar refractivity (Wildman–Crippen MR) is 94.5 cm³/mol. The van der Waals surface area contributed by atoms with Crippen LogP contribution < -0.4 is 14.8 Å². The van der Waals surface area contributed by atoms with Crippen molar-refractivity contribution >= 4 is 6.09 Å². The van der Waals surface area contributed by atoms with Gasteiger partial charge in [-0.1, -0.05) is 18.2 Å². The fourth-order valence-electron chi connectivity index (χ4n) is 2.32. The lowest BCUT2D eigenvalue weighted by molar-refractivity contribution is 0.172. The van der Waals surface area contributed by atoms with Crippen LogP contribution in [0.1, 0.15) is 18.0 Å². The summed E-state index contributed by atoms with van der Waals surface area (Å²) in [6.07, 6.45) is 0.255. The lowest BCUT2D eigenvalue weighted by Crippen LogP contribution is -2.25. The fraction of sp³-hybridized carbons (Fsp3) is 0.316. The Hall–Kier alpha value is -2.60. The van der Waals surface area contributed by atoms with E-state index in [9.17, 15) is 9.18 Å². The first-order valence-electron chi connectivity index (χ1n) is 8.04. The minimum absolute atomic E-state index is 0.0200. The molecule has 0 saturated heterocycles. The van der Waals surface area contributed by atoms with Gasteiger partial charge in [0.25, 0.3) is 0 Å². The summed E-state index contributed by atoms with van der Waals surface area (Å²) in [6, 6.07) is 13.4. The van der Waals surface area contributed by atoms with E-state index in [-0.39, 0.29) is 11.9 Å². The molecule has 0 spiro atoms.